The fourth-order valence-corrected chi connectivity index (χ4v) is 5.86. The van der Waals surface area contributed by atoms with Gasteiger partial charge in [0.05, 0.1) is 31.7 Å². The molecule has 1 fully saturated rings. The highest BCUT2D eigenvalue weighted by Gasteiger charge is 2.38. The van der Waals surface area contributed by atoms with Crippen molar-refractivity contribution in [1.82, 2.24) is 10.2 Å². The lowest BCUT2D eigenvalue weighted by atomic mass is 10.0. The summed E-state index contributed by atoms with van der Waals surface area (Å²) in [5.74, 6) is 2.49. The number of carbonyl (C=O) groups excluding carboxylic acids is 3. The fraction of sp³-hybridized carbons (Fsp3) is 0.342. The molecule has 0 bridgehead atoms. The minimum Gasteiger partial charge on any atom is -0.482 e. The number of amides is 3. The van der Waals surface area contributed by atoms with Gasteiger partial charge >= 0.3 is 0 Å². The number of terminal acetylenes is 1. The summed E-state index contributed by atoms with van der Waals surface area (Å²) in [6.45, 7) is 2.09. The van der Waals surface area contributed by atoms with Gasteiger partial charge in [0, 0.05) is 36.7 Å². The largest absolute Gasteiger partial charge is 0.482 e. The monoisotopic (exact) mass is 713 g/mol. The maximum Gasteiger partial charge on any atom is 0.251 e. The van der Waals surface area contributed by atoms with Crippen LogP contribution in [0.4, 0.5) is 5.69 Å². The number of para-hydroxylation sites is 1. The van der Waals surface area contributed by atoms with Crippen LogP contribution in [0.5, 0.6) is 5.75 Å². The summed E-state index contributed by atoms with van der Waals surface area (Å²) in [5.41, 5.74) is 4.24. The Morgan fingerprint density at radius 2 is 1.73 bits per heavy atom. The molecule has 1 N–H and O–H groups in total. The van der Waals surface area contributed by atoms with Crippen LogP contribution in [0.3, 0.4) is 0 Å². The van der Waals surface area contributed by atoms with Crippen molar-refractivity contribution >= 4 is 35.2 Å². The van der Waals surface area contributed by atoms with E-state index in [1.54, 1.807) is 12.1 Å². The van der Waals surface area contributed by atoms with Crippen LogP contribution in [0.2, 0.25) is 0 Å². The summed E-state index contributed by atoms with van der Waals surface area (Å²) in [4.78, 5) is 37.7. The molecule has 2 atom stereocenters. The van der Waals surface area contributed by atoms with Gasteiger partial charge in [0.2, 0.25) is 17.5 Å². The van der Waals surface area contributed by atoms with E-state index in [-0.39, 0.29) is 68.8 Å². The first-order valence-corrected chi connectivity index (χ1v) is 17.7. The zero-order valence-corrected chi connectivity index (χ0v) is 29.2. The van der Waals surface area contributed by atoms with Crippen LogP contribution >= 0.6 is 11.8 Å². The normalized spacial score (nSPS) is 16.9. The van der Waals surface area contributed by atoms with E-state index in [1.807, 2.05) is 77.7 Å². The second-order valence-corrected chi connectivity index (χ2v) is 12.5. The Bertz CT molecular complexity index is 1730. The molecule has 0 radical (unpaired) electrons. The molecular formula is C38H41N4O8S+. The van der Waals surface area contributed by atoms with Gasteiger partial charge in [0.15, 0.2) is 12.6 Å². The number of ether oxygens (including phenoxy) is 5. The van der Waals surface area contributed by atoms with Crippen molar-refractivity contribution in [2.75, 3.05) is 59.4 Å². The molecule has 3 aromatic carbocycles. The molecule has 2 aliphatic rings. The number of nitrogens with one attached hydrogen (secondary N) is 1. The molecule has 13 heteroatoms. The van der Waals surface area contributed by atoms with E-state index in [4.69, 9.17) is 35.2 Å². The zero-order valence-electron chi connectivity index (χ0n) is 28.4. The number of azo groups is 2. The van der Waals surface area contributed by atoms with Gasteiger partial charge < -0.3 is 29.0 Å². The lowest BCUT2D eigenvalue weighted by Gasteiger charge is -2.14. The van der Waals surface area contributed by atoms with Gasteiger partial charge in [0.25, 0.3) is 11.6 Å². The van der Waals surface area contributed by atoms with Crippen LogP contribution in [0.1, 0.15) is 33.9 Å². The molecule has 0 aromatic heterocycles. The van der Waals surface area contributed by atoms with E-state index in [0.29, 0.717) is 37.7 Å². The Morgan fingerprint density at radius 1 is 0.961 bits per heavy atom. The van der Waals surface area contributed by atoms with E-state index < -0.39 is 0 Å². The molecule has 0 aliphatic carbocycles. The number of nitrogens with zero attached hydrogens (tertiary/aromatic N) is 3. The van der Waals surface area contributed by atoms with Crippen LogP contribution in [0.25, 0.3) is 0 Å². The molecule has 0 spiro atoms. The lowest BCUT2D eigenvalue weighted by molar-refractivity contribution is -0.460. The highest BCUT2D eigenvalue weighted by molar-refractivity contribution is 8.00. The van der Waals surface area contributed by atoms with Gasteiger partial charge in [-0.15, -0.1) is 6.42 Å². The highest BCUT2D eigenvalue weighted by atomic mass is 32.2. The molecule has 51 heavy (non-hydrogen) atoms. The molecule has 5 rings (SSSR count). The number of hydrogen-bond donors (Lipinski definition) is 1. The van der Waals surface area contributed by atoms with Crippen LogP contribution < -0.4 is 10.1 Å². The van der Waals surface area contributed by atoms with Crippen LogP contribution in [0.15, 0.2) is 95.8 Å². The molecule has 0 saturated carbocycles. The van der Waals surface area contributed by atoms with Gasteiger partial charge in [-0.05, 0) is 46.8 Å². The molecule has 1 saturated heterocycles. The maximum atomic E-state index is 12.5. The Morgan fingerprint density at radius 3 is 2.45 bits per heavy atom. The first kappa shape index (κ1) is 37.4. The summed E-state index contributed by atoms with van der Waals surface area (Å²) < 4.78 is 29.7. The second-order valence-electron chi connectivity index (χ2n) is 11.4. The first-order valence-electron chi connectivity index (χ1n) is 16.4. The van der Waals surface area contributed by atoms with Gasteiger partial charge in [0.1, 0.15) is 25.9 Å². The number of hydrogen-bond acceptors (Lipinski definition) is 10. The first-order chi connectivity index (χ1) is 25.0. The molecule has 2 aliphatic heterocycles. The number of likely N-dealkylation sites (tertiary alicyclic amines) is 1. The summed E-state index contributed by atoms with van der Waals surface area (Å²) >= 11 is 1.37. The minimum atomic E-state index is -0.318. The third-order valence-electron chi connectivity index (χ3n) is 7.92. The van der Waals surface area contributed by atoms with E-state index in [9.17, 15) is 14.4 Å². The number of benzene rings is 3. The number of thioether (sulfide) groups is 1. The molecule has 2 heterocycles. The van der Waals surface area contributed by atoms with Crippen molar-refractivity contribution in [2.24, 2.45) is 5.11 Å². The van der Waals surface area contributed by atoms with Gasteiger partial charge in [-0.3, -0.25) is 19.3 Å². The summed E-state index contributed by atoms with van der Waals surface area (Å²) in [7, 11) is 0. The average molecular weight is 714 g/mol. The van der Waals surface area contributed by atoms with Crippen LogP contribution in [0, 0.1) is 12.3 Å². The second kappa shape index (κ2) is 19.5. The molecular weight excluding hydrogens is 673 g/mol. The van der Waals surface area contributed by atoms with Crippen LogP contribution in [-0.4, -0.2) is 91.9 Å². The topological polar surface area (TPSA) is 128 Å². The Labute approximate surface area is 301 Å². The van der Waals surface area contributed by atoms with E-state index in [1.165, 1.54) is 11.8 Å². The molecule has 3 amide bonds. The average Bonchev–Trinajstić information content (AvgIpc) is 3.72. The molecule has 266 valence electrons. The predicted molar refractivity (Wildman–Crippen MR) is 190 cm³/mol. The van der Waals surface area contributed by atoms with Crippen LogP contribution in [-0.2, 0) is 35.1 Å². The smallest absolute Gasteiger partial charge is 0.251 e. The van der Waals surface area contributed by atoms with Crippen molar-refractivity contribution in [3.63, 3.8) is 0 Å². The SMILES string of the molecule is C#CCOCCNC(=O)c1ccc(C2C=C(COc3ccc(COCOCCOCN4C(=O)CC(SC)C4=O)cc3)[N+](c3ccccc3)=N2)cc1. The Hall–Kier alpha value is -4.84. The quantitative estimate of drug-likeness (QED) is 0.0576. The zero-order chi connectivity index (χ0) is 35.8. The number of imide groups is 1. The summed E-state index contributed by atoms with van der Waals surface area (Å²) in [6, 6.07) is 24.6. The van der Waals surface area contributed by atoms with E-state index in [2.05, 4.69) is 17.3 Å². The Balaban J connectivity index is 1.06. The maximum absolute atomic E-state index is 12.5. The lowest BCUT2D eigenvalue weighted by Crippen LogP contribution is -2.34. The van der Waals surface area contributed by atoms with Crippen molar-refractivity contribution in [2.45, 2.75) is 24.3 Å². The van der Waals surface area contributed by atoms with Gasteiger partial charge in [-0.1, -0.05) is 53.1 Å². The minimum absolute atomic E-state index is 0.0634. The van der Waals surface area contributed by atoms with E-state index in [0.717, 1.165) is 27.4 Å². The molecule has 12 nitrogen and oxygen atoms in total. The van der Waals surface area contributed by atoms with Gasteiger partial charge in [-0.25, -0.2) is 0 Å². The van der Waals surface area contributed by atoms with Crippen molar-refractivity contribution in [1.29, 1.82) is 0 Å². The van der Waals surface area contributed by atoms with Crippen molar-refractivity contribution < 1.29 is 42.8 Å². The fourth-order valence-electron chi connectivity index (χ4n) is 5.22. The predicted octanol–water partition coefficient (Wildman–Crippen LogP) is 4.84. The highest BCUT2D eigenvalue weighted by Crippen LogP contribution is 2.32. The molecule has 3 aromatic rings. The van der Waals surface area contributed by atoms with Gasteiger partial charge in [-0.2, -0.15) is 11.8 Å². The summed E-state index contributed by atoms with van der Waals surface area (Å²) in [5, 5.41) is 7.45. The molecule has 2 unspecified atom stereocenters. The van der Waals surface area contributed by atoms with E-state index >= 15 is 0 Å². The summed E-state index contributed by atoms with van der Waals surface area (Å²) in [6.07, 6.45) is 9.26. The van der Waals surface area contributed by atoms with Crippen molar-refractivity contribution in [3.05, 3.63) is 107 Å². The Kier molecular flexibility index (Phi) is 14.3. The third-order valence-corrected chi connectivity index (χ3v) is 8.86. The van der Waals surface area contributed by atoms with Crippen molar-refractivity contribution in [3.8, 4) is 18.1 Å². The standard InChI is InChI=1S/C38H40N4O8S/c1-3-18-46-19-17-39-37(44)30-13-11-29(12-14-30)34-22-32(42(40-34)31-7-5-4-6-8-31)25-50-33-15-9-28(10-16-33)24-49-27-48-21-20-47-26-41-36(43)23-35(51-2)38(41)45/h1,4-16,22,34-35H,17-21,23-27H2,2H3/p+1. The number of carbonyl (C=O) groups is 3. The number of rotatable bonds is 20. The third kappa shape index (κ3) is 10.8.